The van der Waals surface area contributed by atoms with Gasteiger partial charge in [-0.15, -0.1) is 0 Å². The average Bonchev–Trinajstić information content (AvgIpc) is 2.62. The van der Waals surface area contributed by atoms with Crippen molar-refractivity contribution < 1.29 is 9.00 Å². The van der Waals surface area contributed by atoms with Gasteiger partial charge in [-0.3, -0.25) is 9.69 Å². The van der Waals surface area contributed by atoms with E-state index in [1.54, 1.807) is 24.5 Å². The highest BCUT2D eigenvalue weighted by atomic mass is 32.2. The van der Waals surface area contributed by atoms with E-state index in [-0.39, 0.29) is 5.91 Å². The van der Waals surface area contributed by atoms with Crippen molar-refractivity contribution in [3.63, 3.8) is 0 Å². The third-order valence-corrected chi connectivity index (χ3v) is 5.05. The Labute approximate surface area is 138 Å². The van der Waals surface area contributed by atoms with Gasteiger partial charge in [0.1, 0.15) is 0 Å². The van der Waals surface area contributed by atoms with Crippen molar-refractivity contribution in [2.24, 2.45) is 0 Å². The van der Waals surface area contributed by atoms with Crippen molar-refractivity contribution in [2.45, 2.75) is 18.2 Å². The first kappa shape index (κ1) is 15.4. The summed E-state index contributed by atoms with van der Waals surface area (Å²) >= 11 is 0. The highest BCUT2D eigenvalue weighted by molar-refractivity contribution is 7.89. The first-order valence-corrected chi connectivity index (χ1v) is 8.53. The Balaban J connectivity index is 1.84. The summed E-state index contributed by atoms with van der Waals surface area (Å²) in [7, 11) is -1.26. The van der Waals surface area contributed by atoms with Gasteiger partial charge in [-0.05, 0) is 31.2 Å². The van der Waals surface area contributed by atoms with Gasteiger partial charge in [0, 0.05) is 34.2 Å². The number of allylic oxidation sites excluding steroid dienone is 2. The largest absolute Gasteiger partial charge is 0.290 e. The molecule has 2 aromatic carbocycles. The predicted octanol–water partition coefficient (Wildman–Crippen LogP) is 4.00. The molecule has 0 unspecified atom stereocenters. The summed E-state index contributed by atoms with van der Waals surface area (Å²) in [6.45, 7) is 2.00. The standard InChI is InChI=1S/C19H17NO2S/c1-15-9-11-17(12-10-15)23(22)18-8-5-13-20(14-18)19(21)16-6-3-2-4-7-16/h2-7,9-14H,8H2,1H3/t23-/m0/s1. The van der Waals surface area contributed by atoms with E-state index in [0.717, 1.165) is 15.4 Å². The summed E-state index contributed by atoms with van der Waals surface area (Å²) in [6, 6.07) is 16.7. The van der Waals surface area contributed by atoms with Gasteiger partial charge in [0.25, 0.3) is 5.91 Å². The van der Waals surface area contributed by atoms with Crippen molar-refractivity contribution in [1.82, 2.24) is 4.90 Å². The third kappa shape index (κ3) is 3.48. The molecular weight excluding hydrogens is 306 g/mol. The second-order valence-corrected chi connectivity index (χ2v) is 6.88. The number of amides is 1. The van der Waals surface area contributed by atoms with Crippen LogP contribution in [0.2, 0.25) is 0 Å². The molecule has 1 atom stereocenters. The van der Waals surface area contributed by atoms with E-state index in [1.165, 1.54) is 4.90 Å². The van der Waals surface area contributed by atoms with Gasteiger partial charge in [0.2, 0.25) is 0 Å². The van der Waals surface area contributed by atoms with Crippen LogP contribution in [0.5, 0.6) is 0 Å². The SMILES string of the molecule is Cc1ccc([S@](=O)C2=CN(C(=O)c3ccccc3)C=CC2)cc1. The molecule has 0 bridgehead atoms. The second kappa shape index (κ2) is 6.75. The van der Waals surface area contributed by atoms with Gasteiger partial charge >= 0.3 is 0 Å². The highest BCUT2D eigenvalue weighted by Crippen LogP contribution is 2.23. The summed E-state index contributed by atoms with van der Waals surface area (Å²) in [5, 5.41) is 0. The quantitative estimate of drug-likeness (QED) is 0.856. The number of hydrogen-bond acceptors (Lipinski definition) is 2. The van der Waals surface area contributed by atoms with Gasteiger partial charge in [-0.1, -0.05) is 42.0 Å². The molecule has 0 radical (unpaired) electrons. The maximum atomic E-state index is 12.7. The normalized spacial score (nSPS) is 15.2. The number of nitrogens with zero attached hydrogens (tertiary/aromatic N) is 1. The average molecular weight is 323 g/mol. The Morgan fingerprint density at radius 1 is 1.04 bits per heavy atom. The molecule has 1 amide bonds. The fourth-order valence-corrected chi connectivity index (χ4v) is 3.47. The predicted molar refractivity (Wildman–Crippen MR) is 92.0 cm³/mol. The summed E-state index contributed by atoms with van der Waals surface area (Å²) < 4.78 is 12.7. The maximum Gasteiger partial charge on any atom is 0.261 e. The van der Waals surface area contributed by atoms with Crippen molar-refractivity contribution in [3.05, 3.63) is 89.1 Å². The molecule has 0 N–H and O–H groups in total. The topological polar surface area (TPSA) is 37.4 Å². The minimum atomic E-state index is -1.26. The zero-order chi connectivity index (χ0) is 16.2. The molecule has 0 fully saturated rings. The molecule has 1 aliphatic heterocycles. The van der Waals surface area contributed by atoms with Gasteiger partial charge < -0.3 is 0 Å². The van der Waals surface area contributed by atoms with Crippen molar-refractivity contribution in [2.75, 3.05) is 0 Å². The lowest BCUT2D eigenvalue weighted by Gasteiger charge is -2.19. The van der Waals surface area contributed by atoms with E-state index in [2.05, 4.69) is 0 Å². The van der Waals surface area contributed by atoms with E-state index in [4.69, 9.17) is 0 Å². The van der Waals surface area contributed by atoms with Gasteiger partial charge in [0.05, 0.1) is 10.8 Å². The van der Waals surface area contributed by atoms with Crippen LogP contribution in [0.1, 0.15) is 22.3 Å². The van der Waals surface area contributed by atoms with Crippen LogP contribution in [0.25, 0.3) is 0 Å². The first-order valence-electron chi connectivity index (χ1n) is 7.38. The van der Waals surface area contributed by atoms with E-state index in [1.807, 2.05) is 55.5 Å². The van der Waals surface area contributed by atoms with Gasteiger partial charge in [-0.25, -0.2) is 4.21 Å². The van der Waals surface area contributed by atoms with E-state index >= 15 is 0 Å². The lowest BCUT2D eigenvalue weighted by Crippen LogP contribution is -2.23. The summed E-state index contributed by atoms with van der Waals surface area (Å²) in [5.74, 6) is -0.125. The lowest BCUT2D eigenvalue weighted by molar-refractivity contribution is 0.0867. The van der Waals surface area contributed by atoms with Gasteiger partial charge in [-0.2, -0.15) is 0 Å². The minimum absolute atomic E-state index is 0.125. The Morgan fingerprint density at radius 2 is 1.74 bits per heavy atom. The molecule has 116 valence electrons. The van der Waals surface area contributed by atoms with Gasteiger partial charge in [0.15, 0.2) is 0 Å². The van der Waals surface area contributed by atoms with Crippen LogP contribution in [-0.4, -0.2) is 15.0 Å². The Morgan fingerprint density at radius 3 is 2.43 bits per heavy atom. The third-order valence-electron chi connectivity index (χ3n) is 3.60. The molecule has 23 heavy (non-hydrogen) atoms. The minimum Gasteiger partial charge on any atom is -0.290 e. The number of rotatable bonds is 3. The van der Waals surface area contributed by atoms with Crippen molar-refractivity contribution >= 4 is 16.7 Å². The zero-order valence-electron chi connectivity index (χ0n) is 12.8. The van der Waals surface area contributed by atoms with Crippen molar-refractivity contribution in [1.29, 1.82) is 0 Å². The molecule has 1 aliphatic rings. The van der Waals surface area contributed by atoms with E-state index in [9.17, 15) is 9.00 Å². The molecule has 0 saturated carbocycles. The molecule has 3 nitrogen and oxygen atoms in total. The second-order valence-electron chi connectivity index (χ2n) is 5.34. The number of hydrogen-bond donors (Lipinski definition) is 0. The van der Waals surface area contributed by atoms with Crippen LogP contribution in [0, 0.1) is 6.92 Å². The molecule has 0 saturated heterocycles. The maximum absolute atomic E-state index is 12.7. The van der Waals surface area contributed by atoms with Crippen LogP contribution in [-0.2, 0) is 10.8 Å². The number of benzene rings is 2. The molecular formula is C19H17NO2S. The lowest BCUT2D eigenvalue weighted by atomic mass is 10.2. The Bertz CT molecular complexity index is 792. The van der Waals surface area contributed by atoms with E-state index < -0.39 is 10.8 Å². The van der Waals surface area contributed by atoms with Crippen LogP contribution in [0.3, 0.4) is 0 Å². The molecule has 0 aromatic heterocycles. The van der Waals surface area contributed by atoms with Crippen molar-refractivity contribution in [3.8, 4) is 0 Å². The molecule has 2 aromatic rings. The van der Waals surface area contributed by atoms with Crippen LogP contribution >= 0.6 is 0 Å². The molecule has 0 spiro atoms. The summed E-state index contributed by atoms with van der Waals surface area (Å²) in [6.07, 6.45) is 5.86. The number of aryl methyl sites for hydroxylation is 1. The van der Waals surface area contributed by atoms with Crippen LogP contribution < -0.4 is 0 Å². The fourth-order valence-electron chi connectivity index (χ4n) is 2.33. The van der Waals surface area contributed by atoms with E-state index in [0.29, 0.717) is 12.0 Å². The number of carbonyl (C=O) groups excluding carboxylic acids is 1. The Hall–Kier alpha value is -2.46. The number of carbonyl (C=O) groups is 1. The first-order chi connectivity index (χ1) is 11.1. The zero-order valence-corrected chi connectivity index (χ0v) is 13.6. The fraction of sp³-hybridized carbons (Fsp3) is 0.105. The summed E-state index contributed by atoms with van der Waals surface area (Å²) in [4.78, 5) is 15.5. The summed E-state index contributed by atoms with van der Waals surface area (Å²) in [5.41, 5.74) is 1.74. The van der Waals surface area contributed by atoms with Crippen LogP contribution in [0.15, 0.2) is 82.9 Å². The molecule has 3 rings (SSSR count). The highest BCUT2D eigenvalue weighted by Gasteiger charge is 2.18. The smallest absolute Gasteiger partial charge is 0.261 e. The molecule has 0 aliphatic carbocycles. The molecule has 1 heterocycles. The monoisotopic (exact) mass is 323 g/mol. The molecule has 4 heteroatoms. The Kier molecular flexibility index (Phi) is 4.53. The van der Waals surface area contributed by atoms with Crippen LogP contribution in [0.4, 0.5) is 0 Å².